The minimum absolute atomic E-state index is 0.00410. The van der Waals surface area contributed by atoms with Crippen molar-refractivity contribution in [1.29, 1.82) is 0 Å². The Balaban J connectivity index is 1.51. The summed E-state index contributed by atoms with van der Waals surface area (Å²) in [5.41, 5.74) is 2.54. The van der Waals surface area contributed by atoms with Gasteiger partial charge >= 0.3 is 0 Å². The molecule has 0 unspecified atom stereocenters. The summed E-state index contributed by atoms with van der Waals surface area (Å²) >= 11 is 1.72. The topological polar surface area (TPSA) is 58.2 Å². The lowest BCUT2D eigenvalue weighted by Gasteiger charge is -2.06. The number of hydrogen-bond acceptors (Lipinski definition) is 3. The predicted octanol–water partition coefficient (Wildman–Crippen LogP) is 3.20. The van der Waals surface area contributed by atoms with E-state index in [-0.39, 0.29) is 11.8 Å². The lowest BCUT2D eigenvalue weighted by molar-refractivity contribution is -0.116. The minimum Gasteiger partial charge on any atom is -0.326 e. The van der Waals surface area contributed by atoms with Gasteiger partial charge in [0.15, 0.2) is 0 Å². The van der Waals surface area contributed by atoms with Gasteiger partial charge in [-0.3, -0.25) is 9.59 Å². The molecule has 2 N–H and O–H groups in total. The van der Waals surface area contributed by atoms with E-state index >= 15 is 0 Å². The van der Waals surface area contributed by atoms with Gasteiger partial charge in [0, 0.05) is 22.7 Å². The van der Waals surface area contributed by atoms with Gasteiger partial charge in [-0.1, -0.05) is 6.07 Å². The smallest absolute Gasteiger partial charge is 0.228 e. The predicted molar refractivity (Wildman–Crippen MR) is 84.7 cm³/mol. The van der Waals surface area contributed by atoms with Gasteiger partial charge in [0.25, 0.3) is 0 Å². The first-order chi connectivity index (χ1) is 10.2. The third kappa shape index (κ3) is 3.49. The van der Waals surface area contributed by atoms with Crippen molar-refractivity contribution >= 4 is 34.5 Å². The maximum atomic E-state index is 11.9. The van der Waals surface area contributed by atoms with Crippen molar-refractivity contribution in [2.24, 2.45) is 0 Å². The highest BCUT2D eigenvalue weighted by Crippen LogP contribution is 2.26. The molecule has 108 valence electrons. The number of rotatable bonds is 5. The third-order valence-corrected chi connectivity index (χ3v) is 4.36. The highest BCUT2D eigenvalue weighted by molar-refractivity contribution is 7.09. The number of amides is 2. The summed E-state index contributed by atoms with van der Waals surface area (Å²) in [6, 6.07) is 9.64. The standard InChI is InChI=1S/C16H16N2O2S/c19-15(5-1-3-13-4-2-8-21-13)17-12-6-7-14-11(9-12)10-16(20)18-14/h2,4,6-9H,1,3,5,10H2,(H,17,19)(H,18,20). The van der Waals surface area contributed by atoms with Crippen LogP contribution in [0.2, 0.25) is 0 Å². The summed E-state index contributed by atoms with van der Waals surface area (Å²) in [5.74, 6) is 0.0215. The average molecular weight is 300 g/mol. The number of hydrogen-bond donors (Lipinski definition) is 2. The van der Waals surface area contributed by atoms with E-state index in [0.29, 0.717) is 12.8 Å². The van der Waals surface area contributed by atoms with E-state index in [1.165, 1.54) is 4.88 Å². The zero-order valence-electron chi connectivity index (χ0n) is 11.5. The van der Waals surface area contributed by atoms with E-state index in [1.807, 2.05) is 24.3 Å². The molecule has 1 aliphatic rings. The molecule has 3 rings (SSSR count). The lowest BCUT2D eigenvalue weighted by Crippen LogP contribution is -2.11. The second-order valence-electron chi connectivity index (χ2n) is 5.08. The normalized spacial score (nSPS) is 12.9. The van der Waals surface area contributed by atoms with Crippen LogP contribution in [0.5, 0.6) is 0 Å². The average Bonchev–Trinajstić information content (AvgIpc) is 3.06. The fourth-order valence-corrected chi connectivity index (χ4v) is 3.16. The number of thiophene rings is 1. The summed E-state index contributed by atoms with van der Waals surface area (Å²) in [6.07, 6.45) is 2.68. The molecular weight excluding hydrogens is 284 g/mol. The van der Waals surface area contributed by atoms with Crippen LogP contribution in [0.25, 0.3) is 0 Å². The Morgan fingerprint density at radius 2 is 2.24 bits per heavy atom. The molecule has 0 radical (unpaired) electrons. The molecule has 0 saturated carbocycles. The Labute approximate surface area is 127 Å². The number of carbonyl (C=O) groups excluding carboxylic acids is 2. The van der Waals surface area contributed by atoms with Crippen LogP contribution < -0.4 is 10.6 Å². The highest BCUT2D eigenvalue weighted by atomic mass is 32.1. The SMILES string of the molecule is O=C(CCCc1cccs1)Nc1ccc2c(c1)CC(=O)N2. The molecule has 4 nitrogen and oxygen atoms in total. The zero-order chi connectivity index (χ0) is 14.7. The monoisotopic (exact) mass is 300 g/mol. The molecule has 2 aromatic rings. The van der Waals surface area contributed by atoms with Crippen molar-refractivity contribution in [1.82, 2.24) is 0 Å². The molecular formula is C16H16N2O2S. The second kappa shape index (κ2) is 6.10. The molecule has 0 spiro atoms. The first kappa shape index (κ1) is 13.8. The van der Waals surface area contributed by atoms with Crippen LogP contribution in [0.3, 0.4) is 0 Å². The van der Waals surface area contributed by atoms with Crippen molar-refractivity contribution in [2.45, 2.75) is 25.7 Å². The Morgan fingerprint density at radius 3 is 3.05 bits per heavy atom. The first-order valence-electron chi connectivity index (χ1n) is 6.96. The van der Waals surface area contributed by atoms with Gasteiger partial charge < -0.3 is 10.6 Å². The summed E-state index contributed by atoms with van der Waals surface area (Å²) in [4.78, 5) is 24.5. The number of anilines is 2. The van der Waals surface area contributed by atoms with Crippen molar-refractivity contribution in [3.63, 3.8) is 0 Å². The van der Waals surface area contributed by atoms with Crippen LogP contribution in [-0.4, -0.2) is 11.8 Å². The van der Waals surface area contributed by atoms with Crippen LogP contribution in [0, 0.1) is 0 Å². The number of fused-ring (bicyclic) bond motifs is 1. The third-order valence-electron chi connectivity index (χ3n) is 3.42. The van der Waals surface area contributed by atoms with Crippen molar-refractivity contribution in [3.8, 4) is 0 Å². The molecule has 1 aromatic heterocycles. The molecule has 0 fully saturated rings. The summed E-state index contributed by atoms with van der Waals surface area (Å²) in [6.45, 7) is 0. The van der Waals surface area contributed by atoms with E-state index in [9.17, 15) is 9.59 Å². The Kier molecular flexibility index (Phi) is 4.01. The van der Waals surface area contributed by atoms with Gasteiger partial charge in [0.2, 0.25) is 11.8 Å². The van der Waals surface area contributed by atoms with E-state index in [2.05, 4.69) is 22.1 Å². The van der Waals surface area contributed by atoms with Crippen LogP contribution in [0.15, 0.2) is 35.7 Å². The molecule has 0 saturated heterocycles. The molecule has 5 heteroatoms. The second-order valence-corrected chi connectivity index (χ2v) is 6.11. The Bertz CT molecular complexity index is 665. The van der Waals surface area contributed by atoms with Gasteiger partial charge in [-0.2, -0.15) is 0 Å². The maximum absolute atomic E-state index is 11.9. The zero-order valence-corrected chi connectivity index (χ0v) is 12.3. The first-order valence-corrected chi connectivity index (χ1v) is 7.84. The van der Waals surface area contributed by atoms with Crippen LogP contribution in [0.1, 0.15) is 23.3 Å². The van der Waals surface area contributed by atoms with Gasteiger partial charge in [-0.15, -0.1) is 11.3 Å². The summed E-state index contributed by atoms with van der Waals surface area (Å²) in [7, 11) is 0. The van der Waals surface area contributed by atoms with Crippen molar-refractivity contribution in [2.75, 3.05) is 10.6 Å². The van der Waals surface area contributed by atoms with Crippen molar-refractivity contribution < 1.29 is 9.59 Å². The van der Waals surface area contributed by atoms with E-state index in [0.717, 1.165) is 29.8 Å². The molecule has 0 bridgehead atoms. The quantitative estimate of drug-likeness (QED) is 0.891. The summed E-state index contributed by atoms with van der Waals surface area (Å²) < 4.78 is 0. The number of aryl methyl sites for hydroxylation is 1. The van der Waals surface area contributed by atoms with E-state index in [1.54, 1.807) is 11.3 Å². The van der Waals surface area contributed by atoms with Crippen molar-refractivity contribution in [3.05, 3.63) is 46.2 Å². The Hall–Kier alpha value is -2.14. The van der Waals surface area contributed by atoms with E-state index in [4.69, 9.17) is 0 Å². The highest BCUT2D eigenvalue weighted by Gasteiger charge is 2.17. The maximum Gasteiger partial charge on any atom is 0.228 e. The Morgan fingerprint density at radius 1 is 1.33 bits per heavy atom. The molecule has 21 heavy (non-hydrogen) atoms. The molecule has 1 aliphatic heterocycles. The van der Waals surface area contributed by atoms with E-state index < -0.39 is 0 Å². The minimum atomic E-state index is 0.00410. The largest absolute Gasteiger partial charge is 0.326 e. The lowest BCUT2D eigenvalue weighted by atomic mass is 10.1. The fourth-order valence-electron chi connectivity index (χ4n) is 2.41. The molecule has 1 aromatic carbocycles. The molecule has 2 heterocycles. The van der Waals surface area contributed by atoms with Gasteiger partial charge in [0.1, 0.15) is 0 Å². The number of nitrogens with one attached hydrogen (secondary N) is 2. The van der Waals surface area contributed by atoms with Gasteiger partial charge in [0.05, 0.1) is 6.42 Å². The van der Waals surface area contributed by atoms with Gasteiger partial charge in [-0.25, -0.2) is 0 Å². The number of carbonyl (C=O) groups is 2. The molecule has 0 atom stereocenters. The summed E-state index contributed by atoms with van der Waals surface area (Å²) in [5, 5.41) is 7.72. The van der Waals surface area contributed by atoms with Crippen LogP contribution in [-0.2, 0) is 22.4 Å². The van der Waals surface area contributed by atoms with Gasteiger partial charge in [-0.05, 0) is 48.1 Å². The van der Waals surface area contributed by atoms with Crippen LogP contribution in [0.4, 0.5) is 11.4 Å². The van der Waals surface area contributed by atoms with Crippen LogP contribution >= 0.6 is 11.3 Å². The fraction of sp³-hybridized carbons (Fsp3) is 0.250. The molecule has 0 aliphatic carbocycles. The number of benzene rings is 1. The molecule has 2 amide bonds.